The van der Waals surface area contributed by atoms with Gasteiger partial charge in [0.25, 0.3) is 0 Å². The van der Waals surface area contributed by atoms with Gasteiger partial charge < -0.3 is 10.2 Å². The van der Waals surface area contributed by atoms with Gasteiger partial charge in [0.05, 0.1) is 5.69 Å². The van der Waals surface area contributed by atoms with Gasteiger partial charge in [-0.1, -0.05) is 6.42 Å². The molecule has 1 aromatic rings. The van der Waals surface area contributed by atoms with Gasteiger partial charge in [-0.05, 0) is 18.9 Å². The number of nitrogens with zero attached hydrogens (tertiary/aromatic N) is 3. The molecule has 2 aliphatic rings. The summed E-state index contributed by atoms with van der Waals surface area (Å²) in [5.74, 6) is 0. The van der Waals surface area contributed by atoms with Crippen LogP contribution in [-0.2, 0) is 10.0 Å². The third-order valence-corrected chi connectivity index (χ3v) is 6.07. The Hall–Kier alpha value is -1.18. The molecule has 3 rings (SSSR count). The molecule has 0 atom stereocenters. The number of anilines is 1. The van der Waals surface area contributed by atoms with Crippen LogP contribution in [0.2, 0.25) is 0 Å². The predicted molar refractivity (Wildman–Crippen MR) is 81.9 cm³/mol. The molecule has 0 aromatic carbocycles. The van der Waals surface area contributed by atoms with Crippen molar-refractivity contribution in [1.82, 2.24) is 14.6 Å². The maximum Gasteiger partial charge on any atom is 0.246 e. The number of sulfonamides is 1. The van der Waals surface area contributed by atoms with Gasteiger partial charge >= 0.3 is 0 Å². The number of piperazine rings is 1. The topological polar surface area (TPSA) is 65.5 Å². The van der Waals surface area contributed by atoms with E-state index >= 15 is 0 Å². The summed E-state index contributed by atoms with van der Waals surface area (Å²) in [6.45, 7) is 4.66. The molecule has 2 aliphatic heterocycles. The van der Waals surface area contributed by atoms with Crippen molar-refractivity contribution >= 4 is 15.7 Å². The molecular formula is C14H22N4O2S. The van der Waals surface area contributed by atoms with Crippen LogP contribution in [0.25, 0.3) is 0 Å². The van der Waals surface area contributed by atoms with E-state index in [1.807, 2.05) is 6.07 Å². The van der Waals surface area contributed by atoms with E-state index in [4.69, 9.17) is 0 Å². The highest BCUT2D eigenvalue weighted by Gasteiger charge is 2.30. The second-order valence-corrected chi connectivity index (χ2v) is 7.45. The molecule has 0 unspecified atom stereocenters. The van der Waals surface area contributed by atoms with Crippen molar-refractivity contribution in [3.05, 3.63) is 18.5 Å². The Balaban J connectivity index is 1.93. The van der Waals surface area contributed by atoms with Crippen LogP contribution in [0.5, 0.6) is 0 Å². The minimum Gasteiger partial charge on any atom is -0.368 e. The van der Waals surface area contributed by atoms with Gasteiger partial charge in [0.1, 0.15) is 4.90 Å². The first kappa shape index (κ1) is 14.7. The first-order chi connectivity index (χ1) is 10.2. The summed E-state index contributed by atoms with van der Waals surface area (Å²) < 4.78 is 27.4. The van der Waals surface area contributed by atoms with Crippen LogP contribution >= 0.6 is 0 Å². The Kier molecular flexibility index (Phi) is 4.42. The molecule has 3 heterocycles. The number of hydrogen-bond acceptors (Lipinski definition) is 5. The number of hydrogen-bond donors (Lipinski definition) is 1. The van der Waals surface area contributed by atoms with Crippen molar-refractivity contribution in [3.63, 3.8) is 0 Å². The quantitative estimate of drug-likeness (QED) is 0.889. The third kappa shape index (κ3) is 3.04. The van der Waals surface area contributed by atoms with E-state index in [0.29, 0.717) is 18.0 Å². The van der Waals surface area contributed by atoms with Crippen molar-refractivity contribution in [1.29, 1.82) is 0 Å². The maximum atomic E-state index is 12.9. The van der Waals surface area contributed by atoms with Crippen molar-refractivity contribution in [2.24, 2.45) is 0 Å². The summed E-state index contributed by atoms with van der Waals surface area (Å²) in [5, 5.41) is 3.29. The number of aromatic nitrogens is 1. The van der Waals surface area contributed by atoms with Gasteiger partial charge in [-0.25, -0.2) is 8.42 Å². The van der Waals surface area contributed by atoms with Crippen LogP contribution in [0.4, 0.5) is 5.69 Å². The third-order valence-electron chi connectivity index (χ3n) is 4.15. The summed E-state index contributed by atoms with van der Waals surface area (Å²) in [7, 11) is -3.43. The highest BCUT2D eigenvalue weighted by molar-refractivity contribution is 7.89. The van der Waals surface area contributed by atoms with Crippen LogP contribution in [0, 0.1) is 0 Å². The molecular weight excluding hydrogens is 288 g/mol. The van der Waals surface area contributed by atoms with Crippen molar-refractivity contribution < 1.29 is 8.42 Å². The molecule has 0 saturated carbocycles. The second kappa shape index (κ2) is 6.29. The number of pyridine rings is 1. The lowest BCUT2D eigenvalue weighted by molar-refractivity contribution is 0.346. The summed E-state index contributed by atoms with van der Waals surface area (Å²) >= 11 is 0. The number of rotatable bonds is 3. The summed E-state index contributed by atoms with van der Waals surface area (Å²) in [4.78, 5) is 6.54. The maximum absolute atomic E-state index is 12.9. The molecule has 1 aromatic heterocycles. The van der Waals surface area contributed by atoms with Gasteiger partial charge in [-0.3, -0.25) is 4.98 Å². The Morgan fingerprint density at radius 1 is 1.05 bits per heavy atom. The molecule has 0 amide bonds. The Morgan fingerprint density at radius 2 is 1.76 bits per heavy atom. The van der Waals surface area contributed by atoms with E-state index in [1.54, 1.807) is 10.5 Å². The zero-order chi connectivity index (χ0) is 14.7. The fourth-order valence-corrected chi connectivity index (χ4v) is 4.66. The standard InChI is InChI=1S/C14H22N4O2S/c19-21(20,18-8-2-1-3-9-18)14-12-16-5-4-13(14)17-10-6-15-7-11-17/h4-5,12,15H,1-3,6-11H2. The lowest BCUT2D eigenvalue weighted by atomic mass is 10.2. The van der Waals surface area contributed by atoms with Crippen LogP contribution in [0.3, 0.4) is 0 Å². The second-order valence-electron chi connectivity index (χ2n) is 5.55. The monoisotopic (exact) mass is 310 g/mol. The van der Waals surface area contributed by atoms with Crippen molar-refractivity contribution in [2.45, 2.75) is 24.2 Å². The Morgan fingerprint density at radius 3 is 2.48 bits per heavy atom. The number of nitrogens with one attached hydrogen (secondary N) is 1. The normalized spacial score (nSPS) is 21.4. The van der Waals surface area contributed by atoms with Crippen LogP contribution in [-0.4, -0.2) is 57.0 Å². The molecule has 0 bridgehead atoms. The molecule has 116 valence electrons. The van der Waals surface area contributed by atoms with E-state index in [2.05, 4.69) is 15.2 Å². The van der Waals surface area contributed by atoms with E-state index in [1.165, 1.54) is 6.20 Å². The highest BCUT2D eigenvalue weighted by atomic mass is 32.2. The molecule has 0 spiro atoms. The average molecular weight is 310 g/mol. The largest absolute Gasteiger partial charge is 0.368 e. The van der Waals surface area contributed by atoms with Crippen LogP contribution in [0.1, 0.15) is 19.3 Å². The molecule has 6 nitrogen and oxygen atoms in total. The molecule has 0 radical (unpaired) electrons. The Bertz CT molecular complexity index is 578. The molecule has 2 fully saturated rings. The highest BCUT2D eigenvalue weighted by Crippen LogP contribution is 2.28. The summed E-state index contributed by atoms with van der Waals surface area (Å²) in [5.41, 5.74) is 0.789. The van der Waals surface area contributed by atoms with Crippen molar-refractivity contribution in [2.75, 3.05) is 44.2 Å². The number of piperidine rings is 1. The average Bonchev–Trinajstić information content (AvgIpc) is 2.56. The Labute approximate surface area is 126 Å². The molecule has 2 saturated heterocycles. The van der Waals surface area contributed by atoms with E-state index < -0.39 is 10.0 Å². The van der Waals surface area contributed by atoms with E-state index in [9.17, 15) is 8.42 Å². The first-order valence-corrected chi connectivity index (χ1v) is 9.03. The van der Waals surface area contributed by atoms with Gasteiger partial charge in [-0.2, -0.15) is 4.31 Å². The molecule has 0 aliphatic carbocycles. The molecule has 7 heteroatoms. The first-order valence-electron chi connectivity index (χ1n) is 7.59. The minimum atomic E-state index is -3.43. The van der Waals surface area contributed by atoms with Gasteiger partial charge in [0.15, 0.2) is 0 Å². The fraction of sp³-hybridized carbons (Fsp3) is 0.643. The zero-order valence-electron chi connectivity index (χ0n) is 12.2. The van der Waals surface area contributed by atoms with Crippen molar-refractivity contribution in [3.8, 4) is 0 Å². The van der Waals surface area contributed by atoms with Gasteiger partial charge in [0.2, 0.25) is 10.0 Å². The smallest absolute Gasteiger partial charge is 0.246 e. The zero-order valence-corrected chi connectivity index (χ0v) is 13.0. The van der Waals surface area contributed by atoms with E-state index in [-0.39, 0.29) is 0 Å². The molecule has 1 N–H and O–H groups in total. The molecule has 21 heavy (non-hydrogen) atoms. The summed E-state index contributed by atoms with van der Waals surface area (Å²) in [6.07, 6.45) is 6.18. The fourth-order valence-electron chi connectivity index (χ4n) is 2.98. The van der Waals surface area contributed by atoms with Crippen LogP contribution in [0.15, 0.2) is 23.4 Å². The summed E-state index contributed by atoms with van der Waals surface area (Å²) in [6, 6.07) is 1.82. The SMILES string of the molecule is O=S(=O)(c1cnccc1N1CCNCC1)N1CCCCC1. The minimum absolute atomic E-state index is 0.355. The lowest BCUT2D eigenvalue weighted by Crippen LogP contribution is -2.44. The van der Waals surface area contributed by atoms with Gasteiger partial charge in [0, 0.05) is 51.7 Å². The van der Waals surface area contributed by atoms with E-state index in [0.717, 1.165) is 51.1 Å². The lowest BCUT2D eigenvalue weighted by Gasteiger charge is -2.32. The van der Waals surface area contributed by atoms with Gasteiger partial charge in [-0.15, -0.1) is 0 Å². The van der Waals surface area contributed by atoms with Crippen LogP contribution < -0.4 is 10.2 Å². The predicted octanol–water partition coefficient (Wildman–Crippen LogP) is 0.666.